The summed E-state index contributed by atoms with van der Waals surface area (Å²) in [5, 5.41) is 1.99. The summed E-state index contributed by atoms with van der Waals surface area (Å²) in [6.07, 6.45) is 6.66. The van der Waals surface area contributed by atoms with Gasteiger partial charge in [-0.3, -0.25) is 0 Å². The van der Waals surface area contributed by atoms with Crippen LogP contribution >= 0.6 is 27.7 Å². The fraction of sp³-hybridized carbons (Fsp3) is 1.00. The molecule has 15 heavy (non-hydrogen) atoms. The molecule has 0 amide bonds. The lowest BCUT2D eigenvalue weighted by Gasteiger charge is -2.32. The maximum absolute atomic E-state index is 3.73. The standard InChI is InChI=1S/C13H27BrS/c1-5-8-13(10-14,9-6-2)11-15-12(4)7-3/h12H,5-11H2,1-4H3. The normalized spacial score (nSPS) is 14.2. The molecule has 0 nitrogen and oxygen atoms in total. The highest BCUT2D eigenvalue weighted by molar-refractivity contribution is 9.09. The Morgan fingerprint density at radius 1 is 1.13 bits per heavy atom. The predicted molar refractivity (Wildman–Crippen MR) is 78.3 cm³/mol. The van der Waals surface area contributed by atoms with E-state index in [0.717, 1.165) is 5.25 Å². The van der Waals surface area contributed by atoms with Gasteiger partial charge < -0.3 is 0 Å². The van der Waals surface area contributed by atoms with Gasteiger partial charge in [0.15, 0.2) is 0 Å². The number of alkyl halides is 1. The van der Waals surface area contributed by atoms with Gasteiger partial charge in [-0.05, 0) is 30.4 Å². The molecular weight excluding hydrogens is 268 g/mol. The third-order valence-corrected chi connectivity index (χ3v) is 5.96. The number of rotatable bonds is 9. The molecule has 0 saturated carbocycles. The minimum atomic E-state index is 0.553. The summed E-state index contributed by atoms with van der Waals surface area (Å²) in [4.78, 5) is 0. The first-order valence-corrected chi connectivity index (χ1v) is 8.48. The number of hydrogen-bond donors (Lipinski definition) is 0. The van der Waals surface area contributed by atoms with Gasteiger partial charge >= 0.3 is 0 Å². The Balaban J connectivity index is 4.19. The van der Waals surface area contributed by atoms with E-state index in [1.807, 2.05) is 0 Å². The van der Waals surface area contributed by atoms with Crippen LogP contribution < -0.4 is 0 Å². The summed E-state index contributed by atoms with van der Waals surface area (Å²) in [5.41, 5.74) is 0.553. The Bertz CT molecular complexity index is 141. The molecule has 0 spiro atoms. The van der Waals surface area contributed by atoms with Gasteiger partial charge in [0, 0.05) is 10.6 Å². The highest BCUT2D eigenvalue weighted by Crippen LogP contribution is 2.37. The van der Waals surface area contributed by atoms with Crippen molar-refractivity contribution in [2.75, 3.05) is 11.1 Å². The van der Waals surface area contributed by atoms with Crippen LogP contribution in [0.25, 0.3) is 0 Å². The average molecular weight is 295 g/mol. The van der Waals surface area contributed by atoms with E-state index >= 15 is 0 Å². The monoisotopic (exact) mass is 294 g/mol. The van der Waals surface area contributed by atoms with Crippen LogP contribution in [-0.4, -0.2) is 16.3 Å². The van der Waals surface area contributed by atoms with Crippen LogP contribution in [0.4, 0.5) is 0 Å². The van der Waals surface area contributed by atoms with Crippen molar-refractivity contribution in [2.45, 2.75) is 65.0 Å². The molecule has 1 unspecified atom stereocenters. The summed E-state index contributed by atoms with van der Waals surface area (Å²) in [7, 11) is 0. The Morgan fingerprint density at radius 2 is 1.67 bits per heavy atom. The van der Waals surface area contributed by atoms with Gasteiger partial charge in [0.05, 0.1) is 0 Å². The van der Waals surface area contributed by atoms with E-state index in [2.05, 4.69) is 55.4 Å². The maximum atomic E-state index is 3.73. The zero-order valence-electron chi connectivity index (χ0n) is 10.8. The molecule has 0 fully saturated rings. The maximum Gasteiger partial charge on any atom is 0.00958 e. The number of thioether (sulfide) groups is 1. The molecule has 92 valence electrons. The zero-order valence-corrected chi connectivity index (χ0v) is 13.2. The van der Waals surface area contributed by atoms with Crippen molar-refractivity contribution in [1.29, 1.82) is 0 Å². The second-order valence-electron chi connectivity index (χ2n) is 4.66. The molecule has 0 heterocycles. The second kappa shape index (κ2) is 8.92. The summed E-state index contributed by atoms with van der Waals surface area (Å²) >= 11 is 5.89. The lowest BCUT2D eigenvalue weighted by Crippen LogP contribution is -2.26. The fourth-order valence-corrected chi connectivity index (χ4v) is 4.23. The van der Waals surface area contributed by atoms with E-state index in [9.17, 15) is 0 Å². The Morgan fingerprint density at radius 3 is 2.00 bits per heavy atom. The Hall–Kier alpha value is 0.830. The van der Waals surface area contributed by atoms with Crippen LogP contribution in [0.1, 0.15) is 59.8 Å². The van der Waals surface area contributed by atoms with E-state index < -0.39 is 0 Å². The quantitative estimate of drug-likeness (QED) is 0.506. The van der Waals surface area contributed by atoms with Gasteiger partial charge in [-0.15, -0.1) is 0 Å². The third kappa shape index (κ3) is 6.21. The van der Waals surface area contributed by atoms with Gasteiger partial charge in [0.25, 0.3) is 0 Å². The molecule has 0 radical (unpaired) electrons. The van der Waals surface area contributed by atoms with Crippen molar-refractivity contribution < 1.29 is 0 Å². The van der Waals surface area contributed by atoms with Gasteiger partial charge in [0.1, 0.15) is 0 Å². The van der Waals surface area contributed by atoms with Gasteiger partial charge in [-0.1, -0.05) is 56.5 Å². The summed E-state index contributed by atoms with van der Waals surface area (Å²) in [5.74, 6) is 1.33. The molecule has 0 rings (SSSR count). The van der Waals surface area contributed by atoms with Crippen LogP contribution in [0.15, 0.2) is 0 Å². The van der Waals surface area contributed by atoms with E-state index in [4.69, 9.17) is 0 Å². The van der Waals surface area contributed by atoms with Crippen molar-refractivity contribution in [2.24, 2.45) is 5.41 Å². The summed E-state index contributed by atoms with van der Waals surface area (Å²) < 4.78 is 0. The molecule has 0 aromatic carbocycles. The van der Waals surface area contributed by atoms with Crippen molar-refractivity contribution in [3.63, 3.8) is 0 Å². The fourth-order valence-electron chi connectivity index (χ4n) is 1.94. The van der Waals surface area contributed by atoms with Gasteiger partial charge in [-0.25, -0.2) is 0 Å². The van der Waals surface area contributed by atoms with Crippen LogP contribution in [0.3, 0.4) is 0 Å². The number of halogens is 1. The van der Waals surface area contributed by atoms with Crippen LogP contribution in [-0.2, 0) is 0 Å². The highest BCUT2D eigenvalue weighted by atomic mass is 79.9. The minimum Gasteiger partial charge on any atom is -0.158 e. The van der Waals surface area contributed by atoms with Crippen molar-refractivity contribution in [3.05, 3.63) is 0 Å². The van der Waals surface area contributed by atoms with Gasteiger partial charge in [0.2, 0.25) is 0 Å². The molecule has 0 aliphatic carbocycles. The van der Waals surface area contributed by atoms with E-state index in [1.165, 1.54) is 43.2 Å². The lowest BCUT2D eigenvalue weighted by molar-refractivity contribution is 0.319. The highest BCUT2D eigenvalue weighted by Gasteiger charge is 2.27. The minimum absolute atomic E-state index is 0.553. The van der Waals surface area contributed by atoms with E-state index in [1.54, 1.807) is 0 Å². The smallest absolute Gasteiger partial charge is 0.00958 e. The van der Waals surface area contributed by atoms with Crippen molar-refractivity contribution in [1.82, 2.24) is 0 Å². The third-order valence-electron chi connectivity index (χ3n) is 3.09. The molecular formula is C13H27BrS. The second-order valence-corrected chi connectivity index (χ2v) is 6.65. The first kappa shape index (κ1) is 15.8. The zero-order chi connectivity index (χ0) is 11.7. The topological polar surface area (TPSA) is 0 Å². The van der Waals surface area contributed by atoms with Crippen molar-refractivity contribution >= 4 is 27.7 Å². The SMILES string of the molecule is CCCC(CBr)(CCC)CSC(C)CC. The molecule has 0 bridgehead atoms. The molecule has 2 heteroatoms. The Labute approximate surface area is 109 Å². The lowest BCUT2D eigenvalue weighted by atomic mass is 9.83. The predicted octanol–water partition coefficient (Wildman–Crippen LogP) is 5.50. The van der Waals surface area contributed by atoms with Crippen LogP contribution in [0.5, 0.6) is 0 Å². The van der Waals surface area contributed by atoms with Crippen LogP contribution in [0.2, 0.25) is 0 Å². The summed E-state index contributed by atoms with van der Waals surface area (Å²) in [6.45, 7) is 9.25. The molecule has 1 atom stereocenters. The molecule has 0 aliphatic heterocycles. The Kier molecular flexibility index (Phi) is 9.42. The summed E-state index contributed by atoms with van der Waals surface area (Å²) in [6, 6.07) is 0. The largest absolute Gasteiger partial charge is 0.158 e. The molecule has 0 saturated heterocycles. The average Bonchev–Trinajstić information content (AvgIpc) is 2.26. The van der Waals surface area contributed by atoms with E-state index in [-0.39, 0.29) is 0 Å². The number of hydrogen-bond acceptors (Lipinski definition) is 1. The molecule has 0 aliphatic rings. The molecule has 0 aromatic rings. The first-order valence-electron chi connectivity index (χ1n) is 6.31. The van der Waals surface area contributed by atoms with E-state index in [0.29, 0.717) is 5.41 Å². The van der Waals surface area contributed by atoms with Crippen LogP contribution in [0, 0.1) is 5.41 Å². The molecule has 0 N–H and O–H groups in total. The molecule has 0 aromatic heterocycles. The first-order chi connectivity index (χ1) is 7.14. The van der Waals surface area contributed by atoms with Crippen molar-refractivity contribution in [3.8, 4) is 0 Å². The van der Waals surface area contributed by atoms with Gasteiger partial charge in [-0.2, -0.15) is 11.8 Å².